The van der Waals surface area contributed by atoms with E-state index in [1.54, 1.807) is 7.11 Å². The maximum atomic E-state index is 5.43. The Balaban J connectivity index is 1.35. The standard InChI is InChI=1S/C18H24N4O2/c1-23-18-5-3-2-4-17(18)22-12-15(10-19-22)11-20-13-16(14-20)21-6-8-24-9-7-21/h2-5,10,12,16H,6-9,11,13-14H2,1H3. The van der Waals surface area contributed by atoms with E-state index in [2.05, 4.69) is 21.1 Å². The van der Waals surface area contributed by atoms with Gasteiger partial charge in [0.15, 0.2) is 0 Å². The van der Waals surface area contributed by atoms with Crippen LogP contribution in [0.1, 0.15) is 5.56 Å². The second kappa shape index (κ2) is 6.93. The molecule has 3 heterocycles. The molecule has 6 nitrogen and oxygen atoms in total. The Labute approximate surface area is 142 Å². The average Bonchev–Trinajstić information content (AvgIpc) is 3.07. The molecule has 2 fully saturated rings. The molecule has 4 rings (SSSR count). The molecule has 128 valence electrons. The highest BCUT2D eigenvalue weighted by molar-refractivity contribution is 5.46. The molecule has 0 amide bonds. The van der Waals surface area contributed by atoms with Gasteiger partial charge in [-0.1, -0.05) is 12.1 Å². The molecule has 2 saturated heterocycles. The fourth-order valence-electron chi connectivity index (χ4n) is 3.50. The van der Waals surface area contributed by atoms with Crippen molar-refractivity contribution in [2.75, 3.05) is 46.5 Å². The average molecular weight is 328 g/mol. The number of aromatic nitrogens is 2. The minimum Gasteiger partial charge on any atom is -0.494 e. The number of hydrogen-bond donors (Lipinski definition) is 0. The van der Waals surface area contributed by atoms with Gasteiger partial charge in [0.2, 0.25) is 0 Å². The Morgan fingerprint density at radius 3 is 2.79 bits per heavy atom. The van der Waals surface area contributed by atoms with E-state index < -0.39 is 0 Å². The van der Waals surface area contributed by atoms with Gasteiger partial charge in [-0.3, -0.25) is 9.80 Å². The van der Waals surface area contributed by atoms with E-state index >= 15 is 0 Å². The molecule has 0 unspecified atom stereocenters. The van der Waals surface area contributed by atoms with Gasteiger partial charge in [0.1, 0.15) is 11.4 Å². The van der Waals surface area contributed by atoms with Crippen molar-refractivity contribution in [2.24, 2.45) is 0 Å². The molecule has 0 saturated carbocycles. The topological polar surface area (TPSA) is 42.8 Å². The van der Waals surface area contributed by atoms with Crippen LogP contribution in [0.15, 0.2) is 36.7 Å². The van der Waals surface area contributed by atoms with E-state index in [0.717, 1.165) is 57.4 Å². The quantitative estimate of drug-likeness (QED) is 0.830. The number of hydrogen-bond acceptors (Lipinski definition) is 5. The molecule has 0 radical (unpaired) electrons. The molecule has 2 aromatic rings. The Morgan fingerprint density at radius 2 is 2.00 bits per heavy atom. The first-order valence-corrected chi connectivity index (χ1v) is 8.54. The SMILES string of the molecule is COc1ccccc1-n1cc(CN2CC(N3CCOCC3)C2)cn1. The third-order valence-corrected chi connectivity index (χ3v) is 4.87. The van der Waals surface area contributed by atoms with Crippen LogP contribution in [0.5, 0.6) is 5.75 Å². The Bertz CT molecular complexity index is 675. The number of ether oxygens (including phenoxy) is 2. The maximum absolute atomic E-state index is 5.43. The van der Waals surface area contributed by atoms with Crippen LogP contribution in [0.2, 0.25) is 0 Å². The van der Waals surface area contributed by atoms with Crippen molar-refractivity contribution in [1.29, 1.82) is 0 Å². The van der Waals surface area contributed by atoms with E-state index in [1.165, 1.54) is 5.56 Å². The van der Waals surface area contributed by atoms with Gasteiger partial charge in [0.05, 0.1) is 26.5 Å². The van der Waals surface area contributed by atoms with E-state index in [-0.39, 0.29) is 0 Å². The predicted octanol–water partition coefficient (Wildman–Crippen LogP) is 1.40. The summed E-state index contributed by atoms with van der Waals surface area (Å²) in [5.41, 5.74) is 2.21. The summed E-state index contributed by atoms with van der Waals surface area (Å²) >= 11 is 0. The van der Waals surface area contributed by atoms with Crippen LogP contribution in [0.3, 0.4) is 0 Å². The highest BCUT2D eigenvalue weighted by Crippen LogP contribution is 2.23. The molecule has 2 aliphatic heterocycles. The van der Waals surface area contributed by atoms with Gasteiger partial charge >= 0.3 is 0 Å². The number of methoxy groups -OCH3 is 1. The minimum atomic E-state index is 0.693. The van der Waals surface area contributed by atoms with Gasteiger partial charge in [0, 0.05) is 50.5 Å². The summed E-state index contributed by atoms with van der Waals surface area (Å²) in [5, 5.41) is 4.50. The summed E-state index contributed by atoms with van der Waals surface area (Å²) in [5.74, 6) is 0.837. The lowest BCUT2D eigenvalue weighted by Gasteiger charge is -2.46. The molecule has 24 heavy (non-hydrogen) atoms. The molecule has 0 bridgehead atoms. The third kappa shape index (κ3) is 3.17. The molecule has 1 aromatic carbocycles. The zero-order valence-corrected chi connectivity index (χ0v) is 14.1. The number of likely N-dealkylation sites (tertiary alicyclic amines) is 1. The van der Waals surface area contributed by atoms with Crippen molar-refractivity contribution >= 4 is 0 Å². The third-order valence-electron chi connectivity index (χ3n) is 4.87. The van der Waals surface area contributed by atoms with Crippen molar-refractivity contribution < 1.29 is 9.47 Å². The van der Waals surface area contributed by atoms with Crippen LogP contribution in [0, 0.1) is 0 Å². The second-order valence-electron chi connectivity index (χ2n) is 6.46. The molecule has 2 aliphatic rings. The van der Waals surface area contributed by atoms with Gasteiger partial charge in [0.25, 0.3) is 0 Å². The van der Waals surface area contributed by atoms with Crippen molar-refractivity contribution in [2.45, 2.75) is 12.6 Å². The highest BCUT2D eigenvalue weighted by atomic mass is 16.5. The number of rotatable bonds is 5. The zero-order valence-electron chi connectivity index (χ0n) is 14.1. The Kier molecular flexibility index (Phi) is 4.51. The monoisotopic (exact) mass is 328 g/mol. The maximum Gasteiger partial charge on any atom is 0.144 e. The second-order valence-corrected chi connectivity index (χ2v) is 6.46. The van der Waals surface area contributed by atoms with Crippen LogP contribution in [-0.2, 0) is 11.3 Å². The van der Waals surface area contributed by atoms with Crippen molar-refractivity contribution in [1.82, 2.24) is 19.6 Å². The van der Waals surface area contributed by atoms with Gasteiger partial charge < -0.3 is 9.47 Å². The first-order chi connectivity index (χ1) is 11.8. The summed E-state index contributed by atoms with van der Waals surface area (Å²) in [6.07, 6.45) is 4.05. The molecular weight excluding hydrogens is 304 g/mol. The normalized spacial score (nSPS) is 20.0. The summed E-state index contributed by atoms with van der Waals surface area (Å²) < 4.78 is 12.7. The van der Waals surface area contributed by atoms with Gasteiger partial charge in [-0.25, -0.2) is 4.68 Å². The summed E-state index contributed by atoms with van der Waals surface area (Å²) in [7, 11) is 1.69. The fourth-order valence-corrected chi connectivity index (χ4v) is 3.50. The number of morpholine rings is 1. The van der Waals surface area contributed by atoms with Gasteiger partial charge in [-0.05, 0) is 12.1 Å². The lowest BCUT2D eigenvalue weighted by atomic mass is 10.1. The first-order valence-electron chi connectivity index (χ1n) is 8.54. The summed E-state index contributed by atoms with van der Waals surface area (Å²) in [4.78, 5) is 5.03. The molecule has 0 spiro atoms. The smallest absolute Gasteiger partial charge is 0.144 e. The van der Waals surface area contributed by atoms with E-state index in [4.69, 9.17) is 9.47 Å². The van der Waals surface area contributed by atoms with Crippen LogP contribution in [0.25, 0.3) is 5.69 Å². The Hall–Kier alpha value is -1.89. The molecule has 0 aliphatic carbocycles. The van der Waals surface area contributed by atoms with Crippen molar-refractivity contribution in [3.63, 3.8) is 0 Å². The number of nitrogens with zero attached hydrogens (tertiary/aromatic N) is 4. The molecule has 6 heteroatoms. The van der Waals surface area contributed by atoms with Crippen molar-refractivity contribution in [3.05, 3.63) is 42.2 Å². The van der Waals surface area contributed by atoms with E-state index in [9.17, 15) is 0 Å². The van der Waals surface area contributed by atoms with E-state index in [1.807, 2.05) is 35.1 Å². The Morgan fingerprint density at radius 1 is 1.21 bits per heavy atom. The molecule has 0 atom stereocenters. The lowest BCUT2D eigenvalue weighted by molar-refractivity contribution is -0.0344. The molecule has 1 aromatic heterocycles. The largest absolute Gasteiger partial charge is 0.494 e. The van der Waals surface area contributed by atoms with Gasteiger partial charge in [-0.15, -0.1) is 0 Å². The minimum absolute atomic E-state index is 0.693. The van der Waals surface area contributed by atoms with Crippen molar-refractivity contribution in [3.8, 4) is 11.4 Å². The number of para-hydroxylation sites is 2. The first kappa shape index (κ1) is 15.6. The van der Waals surface area contributed by atoms with Gasteiger partial charge in [-0.2, -0.15) is 5.10 Å². The molecular formula is C18H24N4O2. The number of benzene rings is 1. The zero-order chi connectivity index (χ0) is 16.4. The lowest BCUT2D eigenvalue weighted by Crippen LogP contribution is -2.60. The summed E-state index contributed by atoms with van der Waals surface area (Å²) in [6, 6.07) is 8.64. The highest BCUT2D eigenvalue weighted by Gasteiger charge is 2.32. The van der Waals surface area contributed by atoms with Crippen LogP contribution >= 0.6 is 0 Å². The van der Waals surface area contributed by atoms with Crippen LogP contribution in [-0.4, -0.2) is 72.1 Å². The van der Waals surface area contributed by atoms with Crippen LogP contribution < -0.4 is 4.74 Å². The fraction of sp³-hybridized carbons (Fsp3) is 0.500. The molecule has 0 N–H and O–H groups in total. The predicted molar refractivity (Wildman–Crippen MR) is 91.6 cm³/mol. The van der Waals surface area contributed by atoms with Crippen LogP contribution in [0.4, 0.5) is 0 Å². The summed E-state index contributed by atoms with van der Waals surface area (Å²) in [6.45, 7) is 7.13. The van der Waals surface area contributed by atoms with E-state index in [0.29, 0.717) is 6.04 Å².